The van der Waals surface area contributed by atoms with Gasteiger partial charge in [0.15, 0.2) is 9.50 Å². The molecule has 0 unspecified atom stereocenters. The van der Waals surface area contributed by atoms with Gasteiger partial charge >= 0.3 is 0 Å². The molecule has 17 heavy (non-hydrogen) atoms. The lowest BCUT2D eigenvalue weighted by molar-refractivity contribution is -0.525. The van der Waals surface area contributed by atoms with E-state index in [4.69, 9.17) is 17.3 Å². The summed E-state index contributed by atoms with van der Waals surface area (Å²) >= 11 is 7.04. The van der Waals surface area contributed by atoms with Gasteiger partial charge in [-0.2, -0.15) is 0 Å². The van der Waals surface area contributed by atoms with Gasteiger partial charge in [0.2, 0.25) is 0 Å². The summed E-state index contributed by atoms with van der Waals surface area (Å²) in [5, 5.41) is 10.2. The van der Waals surface area contributed by atoms with Crippen molar-refractivity contribution < 1.29 is 5.03 Å². The summed E-state index contributed by atoms with van der Waals surface area (Å²) in [6, 6.07) is 0. The van der Waals surface area contributed by atoms with E-state index in [-0.39, 0.29) is 5.96 Å². The second kappa shape index (κ2) is 6.21. The smallest absolute Gasteiger partial charge is 0.251 e. The zero-order chi connectivity index (χ0) is 12.8. The van der Waals surface area contributed by atoms with Crippen LogP contribution in [0.15, 0.2) is 11.2 Å². The molecule has 0 spiro atoms. The Hall–Kier alpha value is -1.61. The number of aromatic nitrogens is 1. The molecule has 94 valence electrons. The van der Waals surface area contributed by atoms with Crippen LogP contribution in [0.25, 0.3) is 0 Å². The molecule has 0 aliphatic heterocycles. The van der Waals surface area contributed by atoms with Crippen LogP contribution in [0, 0.1) is 10.1 Å². The molecule has 3 N–H and O–H groups in total. The number of aliphatic imine (C=N–C) groups is 1. The van der Waals surface area contributed by atoms with Gasteiger partial charge in [-0.25, -0.2) is 20.1 Å². The Balaban J connectivity index is 2.38. The van der Waals surface area contributed by atoms with Gasteiger partial charge in [-0.05, 0) is 0 Å². The Labute approximate surface area is 106 Å². The fraction of sp³-hybridized carbons (Fsp3) is 0.429. The maximum Gasteiger partial charge on any atom is 0.251 e. The average molecular weight is 279 g/mol. The van der Waals surface area contributed by atoms with Gasteiger partial charge in [0.25, 0.3) is 5.96 Å². The van der Waals surface area contributed by atoms with E-state index in [9.17, 15) is 10.1 Å². The van der Waals surface area contributed by atoms with Crippen molar-refractivity contribution >= 4 is 33.9 Å². The first kappa shape index (κ1) is 13.5. The fourth-order valence-corrected chi connectivity index (χ4v) is 1.90. The van der Waals surface area contributed by atoms with Gasteiger partial charge in [-0.3, -0.25) is 0 Å². The lowest BCUT2D eigenvalue weighted by Gasteiger charge is -2.14. The van der Waals surface area contributed by atoms with Crippen molar-refractivity contribution in [3.8, 4) is 0 Å². The van der Waals surface area contributed by atoms with Crippen LogP contribution in [0.1, 0.15) is 0 Å². The number of anilines is 1. The zero-order valence-electron chi connectivity index (χ0n) is 8.96. The second-order valence-electron chi connectivity index (χ2n) is 3.01. The Kier molecular flexibility index (Phi) is 4.91. The Bertz CT molecular complexity index is 422. The molecular formula is C7H11ClN6O2S. The molecule has 8 nitrogen and oxygen atoms in total. The average Bonchev–Trinajstić information content (AvgIpc) is 2.63. The maximum atomic E-state index is 10.0. The van der Waals surface area contributed by atoms with Gasteiger partial charge in [0.05, 0.1) is 12.7 Å². The van der Waals surface area contributed by atoms with Crippen LogP contribution < -0.4 is 16.1 Å². The third-order valence-electron chi connectivity index (χ3n) is 1.76. The van der Waals surface area contributed by atoms with Crippen molar-refractivity contribution in [1.82, 2.24) is 10.4 Å². The number of thiazole rings is 1. The molecule has 0 fully saturated rings. The van der Waals surface area contributed by atoms with Crippen LogP contribution in [0.2, 0.25) is 4.47 Å². The quantitative estimate of drug-likeness (QED) is 0.348. The molecule has 0 saturated heterocycles. The van der Waals surface area contributed by atoms with E-state index < -0.39 is 5.03 Å². The maximum absolute atomic E-state index is 10.0. The highest BCUT2D eigenvalue weighted by molar-refractivity contribution is 7.19. The van der Waals surface area contributed by atoms with Crippen molar-refractivity contribution in [2.75, 3.05) is 25.0 Å². The monoisotopic (exact) mass is 278 g/mol. The summed E-state index contributed by atoms with van der Waals surface area (Å²) < 4.78 is 0.463. The van der Waals surface area contributed by atoms with E-state index in [2.05, 4.69) is 9.98 Å². The first-order valence-corrected chi connectivity index (χ1v) is 5.72. The number of rotatable bonds is 5. The Morgan fingerprint density at radius 3 is 3.12 bits per heavy atom. The molecule has 0 aromatic carbocycles. The molecule has 0 amide bonds. The van der Waals surface area contributed by atoms with E-state index in [1.54, 1.807) is 11.6 Å². The summed E-state index contributed by atoms with van der Waals surface area (Å²) in [6.45, 7) is 0.886. The number of guanidine groups is 1. The number of nitro groups is 1. The predicted molar refractivity (Wildman–Crippen MR) is 67.0 cm³/mol. The lowest BCUT2D eigenvalue weighted by Crippen LogP contribution is -2.36. The van der Waals surface area contributed by atoms with E-state index in [1.165, 1.54) is 11.3 Å². The highest BCUT2D eigenvalue weighted by Gasteiger charge is 2.05. The summed E-state index contributed by atoms with van der Waals surface area (Å²) in [5.74, 6) is -0.217. The van der Waals surface area contributed by atoms with E-state index in [0.717, 1.165) is 5.00 Å². The number of hydrazine groups is 1. The van der Waals surface area contributed by atoms with Crippen LogP contribution in [0.5, 0.6) is 0 Å². The molecular weight excluding hydrogens is 268 g/mol. The Morgan fingerprint density at radius 2 is 2.59 bits per heavy atom. The highest BCUT2D eigenvalue weighted by Crippen LogP contribution is 2.25. The van der Waals surface area contributed by atoms with E-state index >= 15 is 0 Å². The van der Waals surface area contributed by atoms with Crippen LogP contribution >= 0.6 is 22.9 Å². The second-order valence-corrected chi connectivity index (χ2v) is 4.60. The molecule has 1 aromatic rings. The number of nitrogens with two attached hydrogens (primary N) is 1. The van der Waals surface area contributed by atoms with Crippen LogP contribution in [-0.2, 0) is 0 Å². The zero-order valence-corrected chi connectivity index (χ0v) is 10.5. The third kappa shape index (κ3) is 4.83. The minimum absolute atomic E-state index is 0.217. The van der Waals surface area contributed by atoms with Crippen LogP contribution in [0.4, 0.5) is 5.00 Å². The molecule has 0 saturated carbocycles. The summed E-state index contributed by atoms with van der Waals surface area (Å²) in [6.07, 6.45) is 1.65. The van der Waals surface area contributed by atoms with Gasteiger partial charge in [-0.1, -0.05) is 28.4 Å². The molecule has 1 heterocycles. The fourth-order valence-electron chi connectivity index (χ4n) is 0.981. The molecule has 1 aromatic heterocycles. The molecule has 0 atom stereocenters. The number of hydrogen-bond donors (Lipinski definition) is 2. The van der Waals surface area contributed by atoms with Gasteiger partial charge in [-0.15, -0.1) is 0 Å². The highest BCUT2D eigenvalue weighted by atomic mass is 35.5. The predicted octanol–water partition coefficient (Wildman–Crippen LogP) is 0.329. The Morgan fingerprint density at radius 1 is 1.88 bits per heavy atom. The van der Waals surface area contributed by atoms with Crippen molar-refractivity contribution in [1.29, 1.82) is 0 Å². The molecule has 0 bridgehead atoms. The molecule has 1 rings (SSSR count). The van der Waals surface area contributed by atoms with Gasteiger partial charge in [0.1, 0.15) is 5.00 Å². The number of halogens is 1. The standard InChI is InChI=1S/C7H11ClN6O2S/c1-13(5-4-11-6(8)17-5)3-2-10-7(9)12-14(15)16/h4H,2-3H2,1H3,(H3,9,10,12). The van der Waals surface area contributed by atoms with E-state index in [0.29, 0.717) is 17.6 Å². The molecule has 0 aliphatic carbocycles. The van der Waals surface area contributed by atoms with Crippen LogP contribution in [-0.4, -0.2) is 36.1 Å². The summed E-state index contributed by atoms with van der Waals surface area (Å²) in [5.41, 5.74) is 7.01. The summed E-state index contributed by atoms with van der Waals surface area (Å²) in [7, 11) is 1.84. The minimum Gasteiger partial charge on any atom is -0.365 e. The summed E-state index contributed by atoms with van der Waals surface area (Å²) in [4.78, 5) is 19.6. The van der Waals surface area contributed by atoms with Gasteiger partial charge < -0.3 is 10.6 Å². The molecule has 10 heteroatoms. The van der Waals surface area contributed by atoms with Crippen molar-refractivity contribution in [2.24, 2.45) is 10.7 Å². The first-order valence-electron chi connectivity index (χ1n) is 4.52. The normalized spacial score (nSPS) is 11.3. The van der Waals surface area contributed by atoms with E-state index in [1.807, 2.05) is 11.9 Å². The van der Waals surface area contributed by atoms with Crippen molar-refractivity contribution in [2.45, 2.75) is 0 Å². The number of hydrogen-bond acceptors (Lipinski definition) is 6. The number of nitrogens with zero attached hydrogens (tertiary/aromatic N) is 4. The number of likely N-dealkylation sites (N-methyl/N-ethyl adjacent to an activating group) is 1. The van der Waals surface area contributed by atoms with Crippen LogP contribution in [0.3, 0.4) is 0 Å². The lowest BCUT2D eigenvalue weighted by atomic mass is 10.5. The first-order chi connectivity index (χ1) is 7.99. The topological polar surface area (TPSA) is 110 Å². The third-order valence-corrected chi connectivity index (χ3v) is 2.99. The van der Waals surface area contributed by atoms with Gasteiger partial charge in [0, 0.05) is 13.6 Å². The van der Waals surface area contributed by atoms with Crippen molar-refractivity contribution in [3.63, 3.8) is 0 Å². The van der Waals surface area contributed by atoms with Crippen molar-refractivity contribution in [3.05, 3.63) is 20.8 Å². The molecule has 0 aliphatic rings. The number of nitrogens with one attached hydrogen (secondary N) is 1. The molecule has 0 radical (unpaired) electrons. The largest absolute Gasteiger partial charge is 0.365 e. The minimum atomic E-state index is -0.758. The SMILES string of the molecule is CN(CCN=C(N)N[N+](=O)[O-])c1cnc(Cl)s1.